The number of aromatic nitrogens is 13. The van der Waals surface area contributed by atoms with Crippen molar-refractivity contribution in [3.05, 3.63) is 273 Å². The van der Waals surface area contributed by atoms with Gasteiger partial charge in [0.2, 0.25) is 65.2 Å². The zero-order valence-electron chi connectivity index (χ0n) is 66.3. The van der Waals surface area contributed by atoms with Gasteiger partial charge < -0.3 is 35.2 Å². The maximum absolute atomic E-state index is 13.3. The first kappa shape index (κ1) is 83.1. The lowest BCUT2D eigenvalue weighted by atomic mass is 9.97. The molecule has 0 aliphatic carbocycles. The number of nitrogens with one attached hydrogen (secondary N) is 13. The summed E-state index contributed by atoms with van der Waals surface area (Å²) in [6, 6.07) is 56.5. The quantitative estimate of drug-likeness (QED) is 0.0209. The molecular formula is C90H76N20O12. The maximum Gasteiger partial charge on any atom is 0.257 e. The molecule has 0 fully saturated rings. The number of carbonyl (C=O) groups is 12. The first-order valence-corrected chi connectivity index (χ1v) is 38.2. The average Bonchev–Trinajstić information content (AvgIpc) is 1.68. The van der Waals surface area contributed by atoms with Crippen LogP contribution < -0.4 is 37.2 Å². The largest absolute Gasteiger partial charge is 0.324 e. The van der Waals surface area contributed by atoms with E-state index in [1.807, 2.05) is 37.3 Å². The lowest BCUT2D eigenvalue weighted by Gasteiger charge is -2.10. The number of rotatable bonds is 23. The fourth-order valence-corrected chi connectivity index (χ4v) is 12.5. The highest BCUT2D eigenvalue weighted by molar-refractivity contribution is 6.19. The first-order chi connectivity index (χ1) is 58.8. The molecule has 608 valence electrons. The number of anilines is 7. The Hall–Kier alpha value is -16.9. The van der Waals surface area contributed by atoms with E-state index in [0.29, 0.717) is 172 Å². The molecule has 32 nitrogen and oxygen atoms in total. The van der Waals surface area contributed by atoms with Crippen LogP contribution in [0.3, 0.4) is 0 Å². The topological polar surface area (TPSA) is 474 Å². The number of ketones is 5. The Morgan fingerprint density at radius 3 is 1.05 bits per heavy atom. The molecule has 0 unspecified atom stereocenters. The molecule has 7 heterocycles. The molecule has 0 atom stereocenters. The molecule has 0 aliphatic rings. The highest BCUT2D eigenvalue weighted by Crippen LogP contribution is 2.28. The van der Waals surface area contributed by atoms with Crippen LogP contribution in [0.15, 0.2) is 206 Å². The van der Waals surface area contributed by atoms with E-state index in [-0.39, 0.29) is 99.5 Å². The van der Waals surface area contributed by atoms with E-state index in [9.17, 15) is 57.5 Å². The zero-order chi connectivity index (χ0) is 86.3. The number of fused-ring (bicyclic) bond motifs is 6. The van der Waals surface area contributed by atoms with Crippen LogP contribution >= 0.6 is 0 Å². The number of nitrogens with zero attached hydrogens (tertiary/aromatic N) is 7. The third-order valence-corrected chi connectivity index (χ3v) is 18.6. The summed E-state index contributed by atoms with van der Waals surface area (Å²) in [5, 5.41) is 18.7. The minimum absolute atomic E-state index is 0.118. The van der Waals surface area contributed by atoms with Gasteiger partial charge in [-0.15, -0.1) is 12.3 Å². The van der Waals surface area contributed by atoms with Crippen molar-refractivity contribution in [2.75, 3.05) is 37.2 Å². The highest BCUT2D eigenvalue weighted by atomic mass is 16.2. The minimum Gasteiger partial charge on any atom is -0.324 e. The highest BCUT2D eigenvalue weighted by Gasteiger charge is 2.23. The maximum atomic E-state index is 13.3. The third-order valence-electron chi connectivity index (χ3n) is 18.6. The number of Topliss-reactive ketones (excluding diaryl/α,β-unsaturated/α-hetero) is 1. The Bertz CT molecular complexity index is 6670. The van der Waals surface area contributed by atoms with Crippen molar-refractivity contribution in [3.63, 3.8) is 0 Å². The number of carbonyl (C=O) groups excluding carboxylic acids is 12. The molecule has 0 aliphatic heterocycles. The van der Waals surface area contributed by atoms with Crippen molar-refractivity contribution in [2.45, 2.75) is 73.6 Å². The number of imidazole rings is 6. The number of hydrogen-bond acceptors (Lipinski definition) is 19. The smallest absolute Gasteiger partial charge is 0.257 e. The van der Waals surface area contributed by atoms with Gasteiger partial charge in [-0.25, -0.2) is 29.9 Å². The first-order valence-electron chi connectivity index (χ1n) is 38.2. The number of aryl methyl sites for hydroxylation is 1. The molecule has 122 heavy (non-hydrogen) atoms. The van der Waals surface area contributed by atoms with E-state index < -0.39 is 0 Å². The molecular weight excluding hydrogens is 1550 g/mol. The summed E-state index contributed by atoms with van der Waals surface area (Å²) in [6.07, 6.45) is 8.19. The van der Waals surface area contributed by atoms with Crippen LogP contribution in [0.25, 0.3) is 66.2 Å². The summed E-state index contributed by atoms with van der Waals surface area (Å²) >= 11 is 0. The van der Waals surface area contributed by atoms with Gasteiger partial charge in [0.25, 0.3) is 11.8 Å². The average molecular weight is 1630 g/mol. The lowest BCUT2D eigenvalue weighted by Crippen LogP contribution is -2.17. The Labute approximate surface area is 693 Å². The second-order valence-electron chi connectivity index (χ2n) is 27.5. The molecule has 16 aromatic rings. The number of hydrogen-bond donors (Lipinski definition) is 13. The van der Waals surface area contributed by atoms with Crippen molar-refractivity contribution < 1.29 is 57.5 Å². The summed E-state index contributed by atoms with van der Waals surface area (Å²) in [7, 11) is 0. The molecule has 7 amide bonds. The van der Waals surface area contributed by atoms with Gasteiger partial charge in [-0.1, -0.05) is 74.9 Å². The Kier molecular flexibility index (Phi) is 25.5. The predicted octanol–water partition coefficient (Wildman–Crippen LogP) is 14.7. The number of aromatic amines is 6. The van der Waals surface area contributed by atoms with Gasteiger partial charge >= 0.3 is 0 Å². The standard InChI is InChI=1S/C27H22N4O3.C23H18N4O3.C21H20N6O3.C19H16N6O3/c1-3-4-9-24(32)31-27-29-22-15-12-18(16-23(22)30-27)25(33)20-7-5-6-8-21(20)26(34)28-19-13-10-17(2)11-14-19;1-2-20(28)19-13-16(10-11-24-19)21(29)15-8-9-17-18(12-15)26-23(25-17)27-22(30)14-6-4-3-5-7-14;1-3-17(28)26-20-22-13-7-5-11(9-15(13)24-20)19(30)12-6-8-14-16(10-12)25-21(23-14)27-18(29)4-2;1-9(26)20-18-22-13-5-3-11(7-15(13)24-18)17(28)12-4-6-14-16(8-12)25-19(23-14)21-10(2)27/h1,5-8,10-16H,4,9H2,2H3,(H,28,34)(H2,29,30,31,32);3-13H,2H2,1H3,(H2,25,26,27,30);5-10H,3-4H2,1-2H3,(H2,22,24,26,28)(H2,23,25,27,29);3-8H,1-2H3,(H2,20,22,24,26)(H2,21,23,25,27). The van der Waals surface area contributed by atoms with Gasteiger partial charge in [-0.05, 0) is 159 Å². The SMILES string of the molecule is C#CCCC(=O)Nc1nc2ccc(C(=O)c3ccccc3C(=O)Nc3ccc(C)cc3)cc2[nH]1.CC(=O)Nc1nc2ccc(C(=O)c3ccc4nc(NC(C)=O)[nH]c4c3)cc2[nH]1.CCC(=O)Nc1nc2ccc(C(=O)c3ccc4nc(NC(=O)CC)[nH]c4c3)cc2[nH]1.CCC(=O)c1cc(C(=O)c2ccc3nc(NC(=O)c4ccccc4)[nH]c3c2)ccn1. The fourth-order valence-electron chi connectivity index (χ4n) is 12.5. The molecule has 0 saturated heterocycles. The third kappa shape index (κ3) is 20.3. The van der Waals surface area contributed by atoms with Crippen molar-refractivity contribution in [2.24, 2.45) is 0 Å². The summed E-state index contributed by atoms with van der Waals surface area (Å²) < 4.78 is 0. The van der Waals surface area contributed by atoms with E-state index in [4.69, 9.17) is 6.42 Å². The summed E-state index contributed by atoms with van der Waals surface area (Å²) in [4.78, 5) is 194. The van der Waals surface area contributed by atoms with Crippen LogP contribution in [-0.2, 0) is 24.0 Å². The normalized spacial score (nSPS) is 10.8. The van der Waals surface area contributed by atoms with E-state index in [0.717, 1.165) is 5.56 Å². The fraction of sp³-hybridized carbons (Fsp3) is 0.122. The van der Waals surface area contributed by atoms with Crippen LogP contribution in [0.5, 0.6) is 0 Å². The number of benzene rings is 9. The molecule has 16 rings (SSSR count). The summed E-state index contributed by atoms with van der Waals surface area (Å²) in [5.41, 5.74) is 13.8. The van der Waals surface area contributed by atoms with Crippen LogP contribution in [0, 0.1) is 19.3 Å². The Morgan fingerprint density at radius 1 is 0.336 bits per heavy atom. The number of terminal acetylenes is 1. The molecule has 0 saturated carbocycles. The second kappa shape index (κ2) is 37.4. The molecule has 32 heteroatoms. The minimum atomic E-state index is -0.368. The van der Waals surface area contributed by atoms with E-state index in [1.165, 1.54) is 26.1 Å². The van der Waals surface area contributed by atoms with Crippen molar-refractivity contribution in [3.8, 4) is 12.3 Å². The zero-order valence-corrected chi connectivity index (χ0v) is 66.3. The van der Waals surface area contributed by atoms with E-state index in [2.05, 4.69) is 108 Å². The van der Waals surface area contributed by atoms with Crippen molar-refractivity contribution in [1.82, 2.24) is 64.8 Å². The van der Waals surface area contributed by atoms with Gasteiger partial charge in [0.05, 0.1) is 71.8 Å². The van der Waals surface area contributed by atoms with Crippen LogP contribution in [-0.4, -0.2) is 135 Å². The molecule has 0 bridgehead atoms. The monoisotopic (exact) mass is 1630 g/mol. The lowest BCUT2D eigenvalue weighted by molar-refractivity contribution is -0.116. The van der Waals surface area contributed by atoms with Crippen LogP contribution in [0.4, 0.5) is 41.4 Å². The number of amides is 7. The molecule has 9 aromatic carbocycles. The van der Waals surface area contributed by atoms with Crippen molar-refractivity contribution >= 4 is 178 Å². The van der Waals surface area contributed by atoms with Crippen molar-refractivity contribution in [1.29, 1.82) is 0 Å². The molecule has 0 radical (unpaired) electrons. The predicted molar refractivity (Wildman–Crippen MR) is 462 cm³/mol. The molecule has 7 aromatic heterocycles. The number of H-pyrrole nitrogens is 6. The van der Waals surface area contributed by atoms with E-state index >= 15 is 0 Å². The summed E-state index contributed by atoms with van der Waals surface area (Å²) in [5.74, 6) is 1.71. The Morgan fingerprint density at radius 2 is 0.680 bits per heavy atom. The van der Waals surface area contributed by atoms with Gasteiger partial charge in [0.1, 0.15) is 5.69 Å². The van der Waals surface area contributed by atoms with Gasteiger partial charge in [0.15, 0.2) is 28.9 Å². The Balaban J connectivity index is 0.000000140. The molecule has 13 N–H and O–H groups in total. The van der Waals surface area contributed by atoms with Crippen LogP contribution in [0.1, 0.15) is 167 Å². The van der Waals surface area contributed by atoms with Gasteiger partial charge in [-0.2, -0.15) is 0 Å². The second-order valence-corrected chi connectivity index (χ2v) is 27.5. The summed E-state index contributed by atoms with van der Waals surface area (Å²) in [6.45, 7) is 10.0. The van der Waals surface area contributed by atoms with Gasteiger partial charge in [0, 0.05) is 108 Å². The van der Waals surface area contributed by atoms with E-state index in [1.54, 1.807) is 185 Å². The van der Waals surface area contributed by atoms with Gasteiger partial charge in [-0.3, -0.25) is 94.4 Å². The number of pyridine rings is 1. The van der Waals surface area contributed by atoms with Crippen LogP contribution in [0.2, 0.25) is 0 Å². The molecule has 0 spiro atoms.